The number of rotatable bonds is 5. The largest absolute Gasteiger partial charge is 0.463 e. The standard InChI is InChI=1S/C19H19NO2/c1-3-22-19(21)13-18(17-7-5-4-6-8-17)20-14-16-11-9-15(2)10-12-16/h4-14H,3H2,1-2H3/b18-13+,20-14?. The van der Waals surface area contributed by atoms with Crippen molar-refractivity contribution in [2.24, 2.45) is 4.99 Å². The van der Waals surface area contributed by atoms with Crippen LogP contribution in [0.3, 0.4) is 0 Å². The Kier molecular flexibility index (Phi) is 5.66. The normalized spacial score (nSPS) is 11.6. The molecule has 112 valence electrons. The van der Waals surface area contributed by atoms with Crippen LogP contribution in [0.1, 0.15) is 23.6 Å². The smallest absolute Gasteiger partial charge is 0.332 e. The van der Waals surface area contributed by atoms with Gasteiger partial charge in [0.1, 0.15) is 0 Å². The van der Waals surface area contributed by atoms with Gasteiger partial charge in [-0.3, -0.25) is 4.99 Å². The number of carbonyl (C=O) groups excluding carboxylic acids is 1. The van der Waals surface area contributed by atoms with Crippen LogP contribution in [-0.4, -0.2) is 18.8 Å². The average molecular weight is 293 g/mol. The number of nitrogens with zero attached hydrogens (tertiary/aromatic N) is 1. The fraction of sp³-hybridized carbons (Fsp3) is 0.158. The summed E-state index contributed by atoms with van der Waals surface area (Å²) in [4.78, 5) is 16.2. The van der Waals surface area contributed by atoms with Crippen LogP contribution in [0.15, 0.2) is 65.7 Å². The zero-order chi connectivity index (χ0) is 15.8. The highest BCUT2D eigenvalue weighted by atomic mass is 16.5. The molecule has 0 spiro atoms. The SMILES string of the molecule is CCOC(=O)/C=C(/N=Cc1ccc(C)cc1)c1ccccc1. The molecule has 0 radical (unpaired) electrons. The van der Waals surface area contributed by atoms with Crippen molar-refractivity contribution >= 4 is 17.9 Å². The molecule has 0 bridgehead atoms. The monoisotopic (exact) mass is 293 g/mol. The van der Waals surface area contributed by atoms with Crippen molar-refractivity contribution in [3.05, 3.63) is 77.4 Å². The predicted octanol–water partition coefficient (Wildman–Crippen LogP) is 4.02. The first kappa shape index (κ1) is 15.7. The van der Waals surface area contributed by atoms with E-state index in [-0.39, 0.29) is 5.97 Å². The summed E-state index contributed by atoms with van der Waals surface area (Å²) in [5, 5.41) is 0. The van der Waals surface area contributed by atoms with E-state index in [9.17, 15) is 4.79 Å². The Morgan fingerprint density at radius 3 is 2.41 bits per heavy atom. The molecule has 0 fully saturated rings. The second-order valence-corrected chi connectivity index (χ2v) is 4.82. The van der Waals surface area contributed by atoms with Crippen LogP contribution >= 0.6 is 0 Å². The minimum atomic E-state index is -0.387. The molecule has 3 heteroatoms. The third-order valence-corrected chi connectivity index (χ3v) is 3.04. The van der Waals surface area contributed by atoms with Gasteiger partial charge < -0.3 is 4.74 Å². The lowest BCUT2D eigenvalue weighted by Crippen LogP contribution is -2.00. The van der Waals surface area contributed by atoms with Crippen molar-refractivity contribution in [3.63, 3.8) is 0 Å². The Morgan fingerprint density at radius 2 is 1.77 bits per heavy atom. The topological polar surface area (TPSA) is 38.7 Å². The molecule has 0 atom stereocenters. The lowest BCUT2D eigenvalue weighted by molar-refractivity contribution is -0.137. The number of benzene rings is 2. The molecule has 2 rings (SSSR count). The van der Waals surface area contributed by atoms with Crippen molar-refractivity contribution < 1.29 is 9.53 Å². The zero-order valence-corrected chi connectivity index (χ0v) is 12.8. The van der Waals surface area contributed by atoms with Crippen LogP contribution < -0.4 is 0 Å². The predicted molar refractivity (Wildman–Crippen MR) is 89.8 cm³/mol. The third kappa shape index (κ3) is 4.70. The van der Waals surface area contributed by atoms with Crippen LogP contribution in [0.2, 0.25) is 0 Å². The Labute approximate surface area is 131 Å². The first-order valence-electron chi connectivity index (χ1n) is 7.23. The minimum Gasteiger partial charge on any atom is -0.463 e. The summed E-state index contributed by atoms with van der Waals surface area (Å²) in [6.45, 7) is 4.17. The van der Waals surface area contributed by atoms with Crippen LogP contribution in [0.25, 0.3) is 5.70 Å². The van der Waals surface area contributed by atoms with Crippen LogP contribution in [-0.2, 0) is 9.53 Å². The van der Waals surface area contributed by atoms with E-state index in [1.165, 1.54) is 11.6 Å². The Balaban J connectivity index is 2.28. The van der Waals surface area contributed by atoms with Crippen molar-refractivity contribution in [1.29, 1.82) is 0 Å². The zero-order valence-electron chi connectivity index (χ0n) is 12.8. The molecule has 0 saturated heterocycles. The summed E-state index contributed by atoms with van der Waals surface area (Å²) in [6.07, 6.45) is 3.17. The summed E-state index contributed by atoms with van der Waals surface area (Å²) in [6, 6.07) is 17.6. The molecule has 2 aromatic carbocycles. The van der Waals surface area contributed by atoms with E-state index < -0.39 is 0 Å². The molecule has 0 unspecified atom stereocenters. The highest BCUT2D eigenvalue weighted by Gasteiger charge is 2.04. The average Bonchev–Trinajstić information content (AvgIpc) is 2.54. The fourth-order valence-corrected chi connectivity index (χ4v) is 1.90. The second kappa shape index (κ2) is 7.93. The van der Waals surface area contributed by atoms with Gasteiger partial charge >= 0.3 is 5.97 Å². The third-order valence-electron chi connectivity index (χ3n) is 3.04. The number of ether oxygens (including phenoxy) is 1. The summed E-state index contributed by atoms with van der Waals surface area (Å²) in [5.41, 5.74) is 3.64. The maximum atomic E-state index is 11.7. The summed E-state index contributed by atoms with van der Waals surface area (Å²) >= 11 is 0. The van der Waals surface area contributed by atoms with Gasteiger partial charge in [0.25, 0.3) is 0 Å². The fourth-order valence-electron chi connectivity index (χ4n) is 1.90. The molecule has 0 aromatic heterocycles. The molecule has 0 aliphatic carbocycles. The van der Waals surface area contributed by atoms with E-state index in [1.54, 1.807) is 13.1 Å². The summed E-state index contributed by atoms with van der Waals surface area (Å²) in [7, 11) is 0. The van der Waals surface area contributed by atoms with Crippen molar-refractivity contribution in [1.82, 2.24) is 0 Å². The number of hydrogen-bond acceptors (Lipinski definition) is 3. The lowest BCUT2D eigenvalue weighted by Gasteiger charge is -2.03. The highest BCUT2D eigenvalue weighted by molar-refractivity contribution is 5.94. The van der Waals surface area contributed by atoms with Crippen molar-refractivity contribution in [2.45, 2.75) is 13.8 Å². The summed E-state index contributed by atoms with van der Waals surface area (Å²) in [5.74, 6) is -0.387. The van der Waals surface area contributed by atoms with Crippen molar-refractivity contribution in [3.8, 4) is 0 Å². The molecular weight excluding hydrogens is 274 g/mol. The molecule has 0 N–H and O–H groups in total. The van der Waals surface area contributed by atoms with Gasteiger partial charge in [-0.1, -0.05) is 60.2 Å². The van der Waals surface area contributed by atoms with E-state index in [2.05, 4.69) is 4.99 Å². The lowest BCUT2D eigenvalue weighted by atomic mass is 10.1. The highest BCUT2D eigenvalue weighted by Crippen LogP contribution is 2.16. The van der Waals surface area contributed by atoms with E-state index in [1.807, 2.05) is 61.5 Å². The Morgan fingerprint density at radius 1 is 1.09 bits per heavy atom. The molecule has 0 saturated carbocycles. The van der Waals surface area contributed by atoms with Gasteiger partial charge in [0.2, 0.25) is 0 Å². The second-order valence-electron chi connectivity index (χ2n) is 4.82. The number of aliphatic imine (C=N–C) groups is 1. The van der Waals surface area contributed by atoms with Gasteiger partial charge in [0.15, 0.2) is 0 Å². The minimum absolute atomic E-state index is 0.346. The molecular formula is C19H19NO2. The summed E-state index contributed by atoms with van der Waals surface area (Å²) < 4.78 is 4.97. The number of hydrogen-bond donors (Lipinski definition) is 0. The maximum absolute atomic E-state index is 11.7. The van der Waals surface area contributed by atoms with Crippen LogP contribution in [0, 0.1) is 6.92 Å². The van der Waals surface area contributed by atoms with Gasteiger partial charge in [-0.15, -0.1) is 0 Å². The molecule has 3 nitrogen and oxygen atoms in total. The van der Waals surface area contributed by atoms with E-state index in [0.29, 0.717) is 12.3 Å². The molecule has 0 amide bonds. The first-order valence-corrected chi connectivity index (χ1v) is 7.23. The molecule has 0 heterocycles. The quantitative estimate of drug-likeness (QED) is 0.474. The number of carbonyl (C=O) groups is 1. The van der Waals surface area contributed by atoms with E-state index >= 15 is 0 Å². The van der Waals surface area contributed by atoms with E-state index in [4.69, 9.17) is 4.74 Å². The van der Waals surface area contributed by atoms with Crippen LogP contribution in [0.4, 0.5) is 0 Å². The Bertz CT molecular complexity index is 670. The van der Waals surface area contributed by atoms with Gasteiger partial charge in [-0.2, -0.15) is 0 Å². The van der Waals surface area contributed by atoms with Gasteiger partial charge in [0, 0.05) is 17.9 Å². The maximum Gasteiger partial charge on any atom is 0.332 e. The Hall–Kier alpha value is -2.68. The van der Waals surface area contributed by atoms with Crippen LogP contribution in [0.5, 0.6) is 0 Å². The first-order chi connectivity index (χ1) is 10.7. The van der Waals surface area contributed by atoms with Gasteiger partial charge in [-0.25, -0.2) is 4.79 Å². The molecule has 22 heavy (non-hydrogen) atoms. The molecule has 2 aromatic rings. The number of esters is 1. The molecule has 0 aliphatic heterocycles. The van der Waals surface area contributed by atoms with Gasteiger partial charge in [0.05, 0.1) is 12.3 Å². The molecule has 0 aliphatic rings. The van der Waals surface area contributed by atoms with Crippen molar-refractivity contribution in [2.75, 3.05) is 6.61 Å². The number of aryl methyl sites for hydroxylation is 1. The van der Waals surface area contributed by atoms with Gasteiger partial charge in [-0.05, 0) is 19.4 Å². The van der Waals surface area contributed by atoms with E-state index in [0.717, 1.165) is 11.1 Å².